The van der Waals surface area contributed by atoms with E-state index < -0.39 is 0 Å². The van der Waals surface area contributed by atoms with Crippen molar-refractivity contribution in [2.24, 2.45) is 7.05 Å². The largest absolute Gasteiger partial charge is 0.383 e. The fourth-order valence-corrected chi connectivity index (χ4v) is 3.68. The van der Waals surface area contributed by atoms with Gasteiger partial charge in [-0.15, -0.1) is 0 Å². The second-order valence-electron chi connectivity index (χ2n) is 7.38. The second kappa shape index (κ2) is 6.81. The van der Waals surface area contributed by atoms with Crippen LogP contribution in [0.2, 0.25) is 0 Å². The van der Waals surface area contributed by atoms with E-state index in [1.165, 1.54) is 5.56 Å². The minimum absolute atomic E-state index is 0.435. The highest BCUT2D eigenvalue weighted by atomic mass is 15.3. The molecule has 0 bridgehead atoms. The van der Waals surface area contributed by atoms with Gasteiger partial charge in [0.1, 0.15) is 11.3 Å². The van der Waals surface area contributed by atoms with Gasteiger partial charge in [-0.25, -0.2) is 15.0 Å². The van der Waals surface area contributed by atoms with Crippen LogP contribution in [0.5, 0.6) is 0 Å². The van der Waals surface area contributed by atoms with Gasteiger partial charge >= 0.3 is 0 Å². The van der Waals surface area contributed by atoms with E-state index in [4.69, 9.17) is 15.7 Å². The molecule has 0 radical (unpaired) electrons. The van der Waals surface area contributed by atoms with Crippen molar-refractivity contribution in [3.63, 3.8) is 0 Å². The van der Waals surface area contributed by atoms with Gasteiger partial charge in [0.15, 0.2) is 11.5 Å². The first-order chi connectivity index (χ1) is 14.5. The van der Waals surface area contributed by atoms with Crippen molar-refractivity contribution in [1.29, 1.82) is 0 Å². The van der Waals surface area contributed by atoms with Gasteiger partial charge in [0.2, 0.25) is 0 Å². The molecule has 0 atom stereocenters. The number of benzene rings is 1. The molecule has 7 heteroatoms. The summed E-state index contributed by atoms with van der Waals surface area (Å²) in [6.45, 7) is 4.05. The van der Waals surface area contributed by atoms with Gasteiger partial charge in [0.25, 0.3) is 0 Å². The zero-order valence-electron chi connectivity index (χ0n) is 17.0. The third-order valence-electron chi connectivity index (χ3n) is 5.17. The minimum atomic E-state index is 0.435. The Balaban J connectivity index is 1.82. The molecule has 4 aromatic heterocycles. The molecule has 0 saturated heterocycles. The first-order valence-corrected chi connectivity index (χ1v) is 9.69. The molecule has 4 heterocycles. The molecule has 0 unspecified atom stereocenters. The first-order valence-electron chi connectivity index (χ1n) is 9.69. The van der Waals surface area contributed by atoms with E-state index in [0.29, 0.717) is 11.6 Å². The second-order valence-corrected chi connectivity index (χ2v) is 7.38. The van der Waals surface area contributed by atoms with Gasteiger partial charge in [0, 0.05) is 30.7 Å². The summed E-state index contributed by atoms with van der Waals surface area (Å²) in [4.78, 5) is 14.1. The molecule has 2 N–H and O–H groups in total. The summed E-state index contributed by atoms with van der Waals surface area (Å²) in [6.07, 6.45) is 3.66. The van der Waals surface area contributed by atoms with Crippen LogP contribution in [0.4, 0.5) is 5.82 Å². The van der Waals surface area contributed by atoms with Crippen molar-refractivity contribution in [2.45, 2.75) is 13.8 Å². The molecule has 5 rings (SSSR count). The zero-order valence-corrected chi connectivity index (χ0v) is 17.0. The van der Waals surface area contributed by atoms with E-state index in [-0.39, 0.29) is 0 Å². The number of aryl methyl sites for hydroxylation is 3. The standard InChI is InChI=1S/C23H21N7/c1-14-6-8-16(9-7-14)30-22(17-5-4-12-25-21(17)24)27-20-11-10-19(26-23(20)30)18-13-29(3)28-15(18)2/h4-13H,1-3H3,(H2,24,25). The van der Waals surface area contributed by atoms with Crippen LogP contribution < -0.4 is 5.73 Å². The Hall–Kier alpha value is -4.00. The fraction of sp³-hybridized carbons (Fsp3) is 0.130. The van der Waals surface area contributed by atoms with E-state index >= 15 is 0 Å². The molecule has 0 saturated carbocycles. The van der Waals surface area contributed by atoms with Crippen LogP contribution >= 0.6 is 0 Å². The Kier molecular flexibility index (Phi) is 4.10. The van der Waals surface area contributed by atoms with Crippen molar-refractivity contribution in [3.8, 4) is 28.3 Å². The molecule has 0 amide bonds. The van der Waals surface area contributed by atoms with E-state index in [0.717, 1.165) is 39.4 Å². The number of rotatable bonds is 3. The van der Waals surface area contributed by atoms with Gasteiger partial charge in [-0.3, -0.25) is 9.25 Å². The van der Waals surface area contributed by atoms with Crippen LogP contribution in [0.3, 0.4) is 0 Å². The maximum Gasteiger partial charge on any atom is 0.165 e. The molecule has 0 spiro atoms. The molecule has 5 aromatic rings. The Bertz CT molecular complexity index is 1380. The quantitative estimate of drug-likeness (QED) is 0.497. The van der Waals surface area contributed by atoms with Gasteiger partial charge in [0.05, 0.1) is 17.0 Å². The number of anilines is 1. The van der Waals surface area contributed by atoms with Gasteiger partial charge < -0.3 is 5.73 Å². The minimum Gasteiger partial charge on any atom is -0.383 e. The van der Waals surface area contributed by atoms with Crippen molar-refractivity contribution >= 4 is 17.0 Å². The average molecular weight is 395 g/mol. The van der Waals surface area contributed by atoms with Crippen LogP contribution in [0.25, 0.3) is 39.5 Å². The SMILES string of the molecule is Cc1ccc(-n2c(-c3cccnc3N)nc3ccc(-c4cn(C)nc4C)nc32)cc1. The molecule has 0 aliphatic carbocycles. The number of imidazole rings is 1. The molecule has 0 aliphatic heterocycles. The van der Waals surface area contributed by atoms with E-state index in [9.17, 15) is 0 Å². The molecular weight excluding hydrogens is 374 g/mol. The zero-order chi connectivity index (χ0) is 20.8. The molecule has 7 nitrogen and oxygen atoms in total. The fourth-order valence-electron chi connectivity index (χ4n) is 3.68. The monoisotopic (exact) mass is 395 g/mol. The number of nitrogen functional groups attached to an aromatic ring is 1. The Morgan fingerprint density at radius 2 is 1.70 bits per heavy atom. The number of pyridine rings is 2. The van der Waals surface area contributed by atoms with E-state index in [1.54, 1.807) is 10.9 Å². The molecule has 1 aromatic carbocycles. The lowest BCUT2D eigenvalue weighted by atomic mass is 10.2. The predicted octanol–water partition coefficient (Wildman–Crippen LogP) is 4.08. The Morgan fingerprint density at radius 1 is 0.900 bits per heavy atom. The normalized spacial score (nSPS) is 11.3. The third kappa shape index (κ3) is 2.91. The van der Waals surface area contributed by atoms with Crippen LogP contribution in [0.1, 0.15) is 11.3 Å². The van der Waals surface area contributed by atoms with Crippen LogP contribution in [0, 0.1) is 13.8 Å². The molecular formula is C23H21N7. The lowest BCUT2D eigenvalue weighted by molar-refractivity contribution is 0.756. The third-order valence-corrected chi connectivity index (χ3v) is 5.17. The lowest BCUT2D eigenvalue weighted by Crippen LogP contribution is -2.02. The number of nitrogens with zero attached hydrogens (tertiary/aromatic N) is 6. The predicted molar refractivity (Wildman–Crippen MR) is 118 cm³/mol. The summed E-state index contributed by atoms with van der Waals surface area (Å²) in [6, 6.07) is 16.1. The summed E-state index contributed by atoms with van der Waals surface area (Å²) >= 11 is 0. The smallest absolute Gasteiger partial charge is 0.165 e. The average Bonchev–Trinajstić information content (AvgIpc) is 3.27. The molecule has 148 valence electrons. The summed E-state index contributed by atoms with van der Waals surface area (Å²) in [5, 5.41) is 4.45. The number of fused-ring (bicyclic) bond motifs is 1. The van der Waals surface area contributed by atoms with E-state index in [2.05, 4.69) is 41.3 Å². The maximum atomic E-state index is 6.19. The van der Waals surface area contributed by atoms with Gasteiger partial charge in [-0.05, 0) is 50.2 Å². The summed E-state index contributed by atoms with van der Waals surface area (Å²) in [5.74, 6) is 1.15. The maximum absolute atomic E-state index is 6.19. The highest BCUT2D eigenvalue weighted by molar-refractivity contribution is 5.84. The number of nitrogens with two attached hydrogens (primary N) is 1. The number of aromatic nitrogens is 6. The van der Waals surface area contributed by atoms with Crippen molar-refractivity contribution in [1.82, 2.24) is 29.3 Å². The van der Waals surface area contributed by atoms with Crippen molar-refractivity contribution < 1.29 is 0 Å². The van der Waals surface area contributed by atoms with Crippen LogP contribution in [-0.2, 0) is 7.05 Å². The van der Waals surface area contributed by atoms with Crippen molar-refractivity contribution in [3.05, 3.63) is 72.2 Å². The molecule has 0 aliphatic rings. The number of hydrogen-bond donors (Lipinski definition) is 1. The molecule has 0 fully saturated rings. The number of hydrogen-bond acceptors (Lipinski definition) is 5. The van der Waals surface area contributed by atoms with Crippen molar-refractivity contribution in [2.75, 3.05) is 5.73 Å². The van der Waals surface area contributed by atoms with Gasteiger partial charge in [-0.1, -0.05) is 17.7 Å². The van der Waals surface area contributed by atoms with Crippen LogP contribution in [0.15, 0.2) is 60.9 Å². The van der Waals surface area contributed by atoms with Crippen LogP contribution in [-0.4, -0.2) is 29.3 Å². The topological polar surface area (TPSA) is 87.4 Å². The highest BCUT2D eigenvalue weighted by Crippen LogP contribution is 2.32. The summed E-state index contributed by atoms with van der Waals surface area (Å²) in [5.41, 5.74) is 13.5. The summed E-state index contributed by atoms with van der Waals surface area (Å²) < 4.78 is 3.84. The summed E-state index contributed by atoms with van der Waals surface area (Å²) in [7, 11) is 1.91. The molecule has 30 heavy (non-hydrogen) atoms. The lowest BCUT2D eigenvalue weighted by Gasteiger charge is -2.11. The Morgan fingerprint density at radius 3 is 2.40 bits per heavy atom. The highest BCUT2D eigenvalue weighted by Gasteiger charge is 2.19. The Labute approximate surface area is 173 Å². The van der Waals surface area contributed by atoms with E-state index in [1.807, 2.05) is 49.0 Å². The first kappa shape index (κ1) is 18.1. The van der Waals surface area contributed by atoms with Gasteiger partial charge in [-0.2, -0.15) is 5.10 Å².